The van der Waals surface area contributed by atoms with E-state index in [0.717, 1.165) is 6.42 Å². The van der Waals surface area contributed by atoms with Crippen LogP contribution in [0.15, 0.2) is 51.9 Å². The van der Waals surface area contributed by atoms with Gasteiger partial charge in [0.15, 0.2) is 6.61 Å². The van der Waals surface area contributed by atoms with Gasteiger partial charge < -0.3 is 29.4 Å². The zero-order chi connectivity index (χ0) is 26.5. The molecule has 2 aromatic carbocycles. The molecule has 1 heterocycles. The van der Waals surface area contributed by atoms with Crippen molar-refractivity contribution >= 4 is 23.0 Å². The summed E-state index contributed by atoms with van der Waals surface area (Å²) in [6, 6.07) is 8.89. The lowest BCUT2D eigenvalue weighted by Crippen LogP contribution is -2.40. The number of carboxylic acid groups (broad SMARTS) is 1. The van der Waals surface area contributed by atoms with E-state index in [1.807, 2.05) is 6.92 Å². The number of amides is 1. The minimum absolute atomic E-state index is 0.0699. The van der Waals surface area contributed by atoms with Crippen molar-refractivity contribution in [1.82, 2.24) is 5.32 Å². The molecule has 3 rings (SSSR count). The Morgan fingerprint density at radius 1 is 1.14 bits per heavy atom. The third kappa shape index (κ3) is 7.00. The fourth-order valence-corrected chi connectivity index (χ4v) is 3.85. The number of hydrogen-bond donors (Lipinski definition) is 3. The van der Waals surface area contributed by atoms with Crippen LogP contribution in [-0.4, -0.2) is 40.5 Å². The Labute approximate surface area is 208 Å². The van der Waals surface area contributed by atoms with Crippen LogP contribution < -0.4 is 15.5 Å². The Morgan fingerprint density at radius 2 is 1.83 bits per heavy atom. The number of carboxylic acids is 1. The summed E-state index contributed by atoms with van der Waals surface area (Å²) >= 11 is 0. The molecule has 0 fully saturated rings. The summed E-state index contributed by atoms with van der Waals surface area (Å²) in [6.45, 7) is 6.73. The highest BCUT2D eigenvalue weighted by molar-refractivity contribution is 5.86. The van der Waals surface area contributed by atoms with Crippen molar-refractivity contribution in [3.05, 3.63) is 58.4 Å². The van der Waals surface area contributed by atoms with Gasteiger partial charge in [0, 0.05) is 12.1 Å². The van der Waals surface area contributed by atoms with E-state index in [0.29, 0.717) is 28.5 Å². The minimum Gasteiger partial charge on any atom is -0.508 e. The van der Waals surface area contributed by atoms with E-state index in [9.17, 15) is 19.5 Å². The second-order valence-corrected chi connectivity index (χ2v) is 9.50. The molecule has 0 radical (unpaired) electrons. The van der Waals surface area contributed by atoms with Gasteiger partial charge in [-0.3, -0.25) is 4.79 Å². The largest absolute Gasteiger partial charge is 0.508 e. The van der Waals surface area contributed by atoms with Crippen LogP contribution in [0.25, 0.3) is 22.1 Å². The zero-order valence-corrected chi connectivity index (χ0v) is 20.8. The van der Waals surface area contributed by atoms with Gasteiger partial charge in [-0.25, -0.2) is 9.59 Å². The highest BCUT2D eigenvalue weighted by Gasteiger charge is 2.22. The van der Waals surface area contributed by atoms with E-state index in [2.05, 4.69) is 5.32 Å². The van der Waals surface area contributed by atoms with E-state index in [-0.39, 0.29) is 35.0 Å². The molecule has 0 aliphatic carbocycles. The molecule has 0 spiro atoms. The first-order valence-corrected chi connectivity index (χ1v) is 11.7. The molecule has 1 aromatic heterocycles. The van der Waals surface area contributed by atoms with Gasteiger partial charge in [-0.2, -0.15) is 0 Å². The van der Waals surface area contributed by atoms with Crippen molar-refractivity contribution in [2.75, 3.05) is 6.61 Å². The average molecular weight is 498 g/mol. The summed E-state index contributed by atoms with van der Waals surface area (Å²) in [7, 11) is 0. The van der Waals surface area contributed by atoms with Crippen LogP contribution in [0.4, 0.5) is 4.79 Å². The van der Waals surface area contributed by atoms with Crippen LogP contribution in [0.3, 0.4) is 0 Å². The van der Waals surface area contributed by atoms with Crippen molar-refractivity contribution in [3.8, 4) is 22.6 Å². The topological polar surface area (TPSA) is 135 Å². The van der Waals surface area contributed by atoms with Crippen molar-refractivity contribution in [3.63, 3.8) is 0 Å². The molecule has 0 aliphatic heterocycles. The van der Waals surface area contributed by atoms with E-state index >= 15 is 0 Å². The Kier molecular flexibility index (Phi) is 8.24. The molecule has 0 bridgehead atoms. The second kappa shape index (κ2) is 11.2. The number of benzene rings is 2. The fraction of sp³-hybridized carbons (Fsp3) is 0.370. The molecule has 0 unspecified atom stereocenters. The molecular weight excluding hydrogens is 466 g/mol. The first-order chi connectivity index (χ1) is 17.0. The number of ether oxygens (including phenoxy) is 2. The van der Waals surface area contributed by atoms with Crippen LogP contribution in [0.2, 0.25) is 0 Å². The first kappa shape index (κ1) is 26.6. The normalized spacial score (nSPS) is 12.2. The number of carbonyl (C=O) groups excluding carboxylic acids is 1. The van der Waals surface area contributed by atoms with E-state index in [4.69, 9.17) is 19.0 Å². The number of hydrogen-bond acceptors (Lipinski definition) is 7. The number of phenols is 1. The number of carbonyl (C=O) groups is 2. The lowest BCUT2D eigenvalue weighted by molar-refractivity contribution is -0.139. The maximum absolute atomic E-state index is 13.6. The molecule has 9 nitrogen and oxygen atoms in total. The molecule has 0 saturated carbocycles. The third-order valence-corrected chi connectivity index (χ3v) is 5.30. The summed E-state index contributed by atoms with van der Waals surface area (Å²) in [4.78, 5) is 37.1. The SMILES string of the molecule is CCC[C@@H](Cc1cc(OCC(=O)O)cc2occ(-c3ccc(O)cc3)c(=O)c12)NC(=O)OC(C)(C)C. The monoisotopic (exact) mass is 497 g/mol. The fourth-order valence-electron chi connectivity index (χ4n) is 3.85. The predicted molar refractivity (Wildman–Crippen MR) is 134 cm³/mol. The van der Waals surface area contributed by atoms with E-state index in [1.54, 1.807) is 39.0 Å². The average Bonchev–Trinajstić information content (AvgIpc) is 2.77. The summed E-state index contributed by atoms with van der Waals surface area (Å²) in [5, 5.41) is 21.8. The number of aromatic hydroxyl groups is 1. The summed E-state index contributed by atoms with van der Waals surface area (Å²) in [5.41, 5.74) is 0.671. The van der Waals surface area contributed by atoms with Gasteiger partial charge in [-0.15, -0.1) is 0 Å². The highest BCUT2D eigenvalue weighted by Crippen LogP contribution is 2.28. The number of aliphatic carboxylic acids is 1. The van der Waals surface area contributed by atoms with Crippen LogP contribution >= 0.6 is 0 Å². The van der Waals surface area contributed by atoms with Crippen LogP contribution in [0.5, 0.6) is 11.5 Å². The van der Waals surface area contributed by atoms with Crippen molar-refractivity contribution in [1.29, 1.82) is 0 Å². The number of rotatable bonds is 9. The maximum atomic E-state index is 13.6. The van der Waals surface area contributed by atoms with Gasteiger partial charge in [0.05, 0.1) is 10.9 Å². The number of fused-ring (bicyclic) bond motifs is 1. The van der Waals surface area contributed by atoms with Gasteiger partial charge in [-0.1, -0.05) is 25.5 Å². The van der Waals surface area contributed by atoms with Crippen molar-refractivity contribution in [2.45, 2.75) is 58.6 Å². The van der Waals surface area contributed by atoms with Crippen molar-refractivity contribution < 1.29 is 33.7 Å². The molecule has 192 valence electrons. The van der Waals surface area contributed by atoms with Gasteiger partial charge in [0.25, 0.3) is 0 Å². The summed E-state index contributed by atoms with van der Waals surface area (Å²) in [5.74, 6) is -0.843. The molecule has 1 amide bonds. The Morgan fingerprint density at radius 3 is 2.44 bits per heavy atom. The number of alkyl carbamates (subject to hydrolysis) is 1. The molecule has 3 aromatic rings. The van der Waals surface area contributed by atoms with Crippen LogP contribution in [0, 0.1) is 0 Å². The van der Waals surface area contributed by atoms with Crippen LogP contribution in [-0.2, 0) is 16.0 Å². The molecular formula is C27H31NO8. The van der Waals surface area contributed by atoms with E-state index < -0.39 is 24.3 Å². The molecule has 3 N–H and O–H groups in total. The van der Waals surface area contributed by atoms with Gasteiger partial charge >= 0.3 is 12.1 Å². The highest BCUT2D eigenvalue weighted by atomic mass is 16.6. The molecule has 1 atom stereocenters. The van der Waals surface area contributed by atoms with Gasteiger partial charge in [0.2, 0.25) is 5.43 Å². The second-order valence-electron chi connectivity index (χ2n) is 9.50. The van der Waals surface area contributed by atoms with Crippen molar-refractivity contribution in [2.24, 2.45) is 0 Å². The smallest absolute Gasteiger partial charge is 0.407 e. The number of phenolic OH excluding ortho intramolecular Hbond substituents is 1. The molecule has 0 saturated heterocycles. The first-order valence-electron chi connectivity index (χ1n) is 11.7. The van der Waals surface area contributed by atoms with Gasteiger partial charge in [-0.05, 0) is 62.9 Å². The lowest BCUT2D eigenvalue weighted by atomic mass is 9.96. The standard InChI is InChI=1S/C27H31NO8/c1-5-6-18(28-26(33)36-27(2,3)4)11-17-12-20(34-15-23(30)31)13-22-24(17)25(32)21(14-35-22)16-7-9-19(29)10-8-16/h7-10,12-14,18,29H,5-6,11,15H2,1-4H3,(H,28,33)(H,30,31)/t18-/m0/s1. The molecule has 0 aliphatic rings. The third-order valence-electron chi connectivity index (χ3n) is 5.30. The quantitative estimate of drug-likeness (QED) is 0.381. The predicted octanol–water partition coefficient (Wildman–Crippen LogP) is 4.86. The molecule has 9 heteroatoms. The summed E-state index contributed by atoms with van der Waals surface area (Å²) < 4.78 is 16.6. The molecule has 36 heavy (non-hydrogen) atoms. The van der Waals surface area contributed by atoms with Crippen LogP contribution in [0.1, 0.15) is 46.1 Å². The maximum Gasteiger partial charge on any atom is 0.407 e. The Bertz CT molecular complexity index is 1290. The zero-order valence-electron chi connectivity index (χ0n) is 20.8. The lowest BCUT2D eigenvalue weighted by Gasteiger charge is -2.24. The Hall–Kier alpha value is -4.01. The number of nitrogens with one attached hydrogen (secondary N) is 1. The Balaban J connectivity index is 2.08. The van der Waals surface area contributed by atoms with E-state index in [1.165, 1.54) is 24.5 Å². The minimum atomic E-state index is -1.14. The summed E-state index contributed by atoms with van der Waals surface area (Å²) in [6.07, 6.45) is 2.40. The van der Waals surface area contributed by atoms with Gasteiger partial charge in [0.1, 0.15) is 28.9 Å².